The van der Waals surface area contributed by atoms with Gasteiger partial charge in [-0.1, -0.05) is 104 Å². The first kappa shape index (κ1) is 27.8. The molecule has 0 aromatic rings. The van der Waals surface area contributed by atoms with Crippen LogP contribution in [0.5, 0.6) is 0 Å². The van der Waals surface area contributed by atoms with E-state index in [1.165, 1.54) is 0 Å². The third kappa shape index (κ3) is 8.64. The van der Waals surface area contributed by atoms with Crippen LogP contribution in [-0.2, 0) is 0 Å². The lowest BCUT2D eigenvalue weighted by molar-refractivity contribution is 0.532. The van der Waals surface area contributed by atoms with Gasteiger partial charge in [-0.2, -0.15) is 0 Å². The molecule has 3 unspecified atom stereocenters. The maximum atomic E-state index is 6.24. The van der Waals surface area contributed by atoms with Gasteiger partial charge in [0, 0.05) is 6.42 Å². The molecule has 146 valence electrons. The van der Waals surface area contributed by atoms with E-state index >= 15 is 0 Å². The van der Waals surface area contributed by atoms with Gasteiger partial charge in [-0.3, -0.25) is 0 Å². The number of hydrogen-bond donors (Lipinski definition) is 0. The fourth-order valence-corrected chi connectivity index (χ4v) is 5.07. The highest BCUT2D eigenvalue weighted by atomic mass is 35.6. The maximum absolute atomic E-state index is 6.24. The molecule has 0 rings (SSSR count). The summed E-state index contributed by atoms with van der Waals surface area (Å²) in [5, 5.41) is -2.53. The average molecular weight is 604 g/mol. The predicted molar refractivity (Wildman–Crippen MR) is 117 cm³/mol. The van der Waals surface area contributed by atoms with Crippen LogP contribution in [0, 0.1) is 0 Å². The molecule has 3 atom stereocenters. The van der Waals surface area contributed by atoms with Crippen LogP contribution >= 0.6 is 151 Å². The normalized spacial score (nSPS) is 18.4. The van der Waals surface area contributed by atoms with Crippen molar-refractivity contribution in [1.82, 2.24) is 0 Å². The molecule has 0 aliphatic rings. The molecule has 0 radical (unpaired) electrons. The van der Waals surface area contributed by atoms with Crippen molar-refractivity contribution in [3.8, 4) is 0 Å². The van der Waals surface area contributed by atoms with Gasteiger partial charge in [-0.05, 0) is 12.8 Å². The lowest BCUT2D eigenvalue weighted by atomic mass is 10.0. The number of rotatable bonds is 9. The number of hydrogen-bond acceptors (Lipinski definition) is 0. The SMILES string of the molecule is ClCC(Cl)(Cl)C(Cl)(Cl)C(Cl)C(Cl)(Cl)CCC(Cl)C(Cl)CC(Cl)(Cl)Cl. The van der Waals surface area contributed by atoms with Crippen molar-refractivity contribution in [3.63, 3.8) is 0 Å². The van der Waals surface area contributed by atoms with Crippen LogP contribution in [0.25, 0.3) is 0 Å². The summed E-state index contributed by atoms with van der Waals surface area (Å²) in [6.45, 7) is 0. The molecule has 0 aromatic heterocycles. The Kier molecular flexibility index (Phi) is 12.4. The molecule has 0 spiro atoms. The summed E-state index contributed by atoms with van der Waals surface area (Å²) >= 11 is 77.8. The van der Waals surface area contributed by atoms with Crippen LogP contribution < -0.4 is 0 Å². The molecule has 13 heteroatoms. The van der Waals surface area contributed by atoms with Gasteiger partial charge in [0.05, 0.1) is 16.6 Å². The van der Waals surface area contributed by atoms with E-state index in [4.69, 9.17) is 151 Å². The zero-order valence-corrected chi connectivity index (χ0v) is 21.3. The first-order valence-electron chi connectivity index (χ1n) is 6.16. The highest BCUT2D eigenvalue weighted by Gasteiger charge is 2.58. The zero-order chi connectivity index (χ0) is 19.6. The van der Waals surface area contributed by atoms with Crippen molar-refractivity contribution in [2.45, 2.75) is 52.2 Å². The predicted octanol–water partition coefficient (Wildman–Crippen LogP) is 9.11. The molecular weight excluding hydrogens is 593 g/mol. The summed E-state index contributed by atoms with van der Waals surface area (Å²) < 4.78 is -6.89. The molecule has 0 aliphatic carbocycles. The maximum Gasteiger partial charge on any atom is 0.192 e. The van der Waals surface area contributed by atoms with E-state index in [0.29, 0.717) is 0 Å². The third-order valence-corrected chi connectivity index (χ3v) is 9.46. The lowest BCUT2D eigenvalue weighted by Crippen LogP contribution is -2.52. The third-order valence-electron chi connectivity index (χ3n) is 2.92. The Bertz CT molecular complexity index is 388. The van der Waals surface area contributed by atoms with E-state index in [1.54, 1.807) is 0 Å². The molecule has 0 amide bonds. The van der Waals surface area contributed by atoms with Gasteiger partial charge in [-0.15, -0.1) is 46.4 Å². The number of halogens is 13. The molecule has 0 saturated carbocycles. The molecule has 0 heterocycles. The molecule has 0 aliphatic heterocycles. The molecule has 24 heavy (non-hydrogen) atoms. The molecular formula is C11H11Cl13. The highest BCUT2D eigenvalue weighted by molar-refractivity contribution is 6.68. The van der Waals surface area contributed by atoms with Crippen molar-refractivity contribution < 1.29 is 0 Å². The van der Waals surface area contributed by atoms with Crippen molar-refractivity contribution in [3.05, 3.63) is 0 Å². The Morgan fingerprint density at radius 3 is 1.54 bits per heavy atom. The minimum absolute atomic E-state index is 0.0307. The second-order valence-corrected chi connectivity index (χ2v) is 13.7. The molecule has 0 saturated heterocycles. The highest BCUT2D eigenvalue weighted by Crippen LogP contribution is 2.54. The van der Waals surface area contributed by atoms with Gasteiger partial charge in [-0.25, -0.2) is 0 Å². The standard InChI is InChI=1S/C11H11Cl13/c12-4-9(18,19)11(23,24)7(15)8(16,17)2-1-5(13)6(14)3-10(20,21)22/h5-7H,1-4H2. The summed E-state index contributed by atoms with van der Waals surface area (Å²) in [7, 11) is 0. The minimum atomic E-state index is -1.94. The summed E-state index contributed by atoms with van der Waals surface area (Å²) in [6, 6.07) is 0. The van der Waals surface area contributed by atoms with Crippen LogP contribution in [0.3, 0.4) is 0 Å². The van der Waals surface area contributed by atoms with E-state index in [-0.39, 0.29) is 25.1 Å². The van der Waals surface area contributed by atoms with E-state index < -0.39 is 32.9 Å². The van der Waals surface area contributed by atoms with Crippen LogP contribution in [-0.4, -0.2) is 38.8 Å². The fraction of sp³-hybridized carbons (Fsp3) is 1.00. The van der Waals surface area contributed by atoms with Crippen molar-refractivity contribution in [2.24, 2.45) is 0 Å². The second kappa shape index (κ2) is 10.7. The van der Waals surface area contributed by atoms with Crippen molar-refractivity contribution >= 4 is 151 Å². The van der Waals surface area contributed by atoms with Crippen LogP contribution in [0.1, 0.15) is 19.3 Å². The van der Waals surface area contributed by atoms with E-state index in [1.807, 2.05) is 0 Å². The Labute approximate surface area is 206 Å². The van der Waals surface area contributed by atoms with Crippen LogP contribution in [0.15, 0.2) is 0 Å². The average Bonchev–Trinajstić information content (AvgIpc) is 2.41. The smallest absolute Gasteiger partial charge is 0.123 e. The van der Waals surface area contributed by atoms with Gasteiger partial charge in [0.25, 0.3) is 0 Å². The first-order valence-corrected chi connectivity index (χ1v) is 11.4. The van der Waals surface area contributed by atoms with Crippen LogP contribution in [0.2, 0.25) is 0 Å². The zero-order valence-electron chi connectivity index (χ0n) is 11.5. The van der Waals surface area contributed by atoms with E-state index in [0.717, 1.165) is 0 Å². The Morgan fingerprint density at radius 2 is 1.17 bits per heavy atom. The van der Waals surface area contributed by atoms with Crippen molar-refractivity contribution in [2.75, 3.05) is 5.88 Å². The van der Waals surface area contributed by atoms with Gasteiger partial charge >= 0.3 is 0 Å². The topological polar surface area (TPSA) is 0 Å². The Hall–Kier alpha value is 3.77. The van der Waals surface area contributed by atoms with Gasteiger partial charge in [0.2, 0.25) is 0 Å². The molecule has 0 aromatic carbocycles. The first-order chi connectivity index (χ1) is 10.5. The number of alkyl halides is 13. The Balaban J connectivity index is 4.91. The van der Waals surface area contributed by atoms with Gasteiger partial charge < -0.3 is 0 Å². The Morgan fingerprint density at radius 1 is 0.708 bits per heavy atom. The van der Waals surface area contributed by atoms with E-state index in [2.05, 4.69) is 0 Å². The monoisotopic (exact) mass is 598 g/mol. The lowest BCUT2D eigenvalue weighted by Gasteiger charge is -2.40. The van der Waals surface area contributed by atoms with Gasteiger partial charge in [0.15, 0.2) is 12.5 Å². The quantitative estimate of drug-likeness (QED) is 0.231. The fourth-order valence-electron chi connectivity index (χ4n) is 1.53. The molecule has 0 N–H and O–H groups in total. The van der Waals surface area contributed by atoms with Gasteiger partial charge in [0.1, 0.15) is 9.71 Å². The van der Waals surface area contributed by atoms with E-state index in [9.17, 15) is 0 Å². The largest absolute Gasteiger partial charge is 0.192 e. The minimum Gasteiger partial charge on any atom is -0.123 e. The summed E-state index contributed by atoms with van der Waals surface area (Å²) in [5.41, 5.74) is 0. The second-order valence-electron chi connectivity index (χ2n) is 4.97. The van der Waals surface area contributed by atoms with Crippen LogP contribution in [0.4, 0.5) is 0 Å². The molecule has 0 bridgehead atoms. The summed E-state index contributed by atoms with van der Waals surface area (Å²) in [5.74, 6) is -0.304. The summed E-state index contributed by atoms with van der Waals surface area (Å²) in [6.07, 6.45) is 0.326. The molecule has 0 nitrogen and oxygen atoms in total. The molecule has 0 fully saturated rings. The van der Waals surface area contributed by atoms with Crippen molar-refractivity contribution in [1.29, 1.82) is 0 Å². The summed E-state index contributed by atoms with van der Waals surface area (Å²) in [4.78, 5) is 0.